The third-order valence-electron chi connectivity index (χ3n) is 1.96. The smallest absolute Gasteiger partial charge is 0.248 e. The second kappa shape index (κ2) is 8.21. The molecule has 7 heteroatoms. The minimum absolute atomic E-state index is 0.140. The quantitative estimate of drug-likeness (QED) is 0.443. The number of rotatable bonds is 9. The van der Waals surface area contributed by atoms with Gasteiger partial charge >= 0.3 is 0 Å². The number of amides is 1. The Kier molecular flexibility index (Phi) is 7.77. The van der Waals surface area contributed by atoms with Crippen LogP contribution in [-0.4, -0.2) is 39.3 Å². The van der Waals surface area contributed by atoms with Gasteiger partial charge in [0.25, 0.3) is 0 Å². The average Bonchev–Trinajstić information content (AvgIpc) is 2.23. The van der Waals surface area contributed by atoms with Gasteiger partial charge in [-0.3, -0.25) is 4.79 Å². The van der Waals surface area contributed by atoms with Crippen LogP contribution in [-0.2, 0) is 19.6 Å². The van der Waals surface area contributed by atoms with Gasteiger partial charge in [-0.25, -0.2) is 13.6 Å². The van der Waals surface area contributed by atoms with Crippen molar-refractivity contribution in [2.24, 2.45) is 5.14 Å². The largest absolute Gasteiger partial charge is 0.368 e. The Labute approximate surface area is 102 Å². The van der Waals surface area contributed by atoms with Crippen molar-refractivity contribution in [3.05, 3.63) is 12.7 Å². The third-order valence-corrected chi connectivity index (χ3v) is 2.82. The zero-order valence-corrected chi connectivity index (χ0v) is 10.8. The highest BCUT2D eigenvalue weighted by Crippen LogP contribution is 1.93. The summed E-state index contributed by atoms with van der Waals surface area (Å²) in [6, 6.07) is 0. The van der Waals surface area contributed by atoms with Crippen LogP contribution in [0.25, 0.3) is 0 Å². The summed E-state index contributed by atoms with van der Waals surface area (Å²) >= 11 is 0. The second-order valence-corrected chi connectivity index (χ2v) is 5.34. The molecule has 0 aliphatic heterocycles. The fourth-order valence-electron chi connectivity index (χ4n) is 1.03. The van der Waals surface area contributed by atoms with E-state index in [1.807, 2.05) is 0 Å². The molecule has 1 unspecified atom stereocenters. The minimum atomic E-state index is -3.45. The topological polar surface area (TPSA) is 98.5 Å². The van der Waals surface area contributed by atoms with E-state index in [0.29, 0.717) is 19.4 Å². The Morgan fingerprint density at radius 1 is 1.59 bits per heavy atom. The van der Waals surface area contributed by atoms with Crippen LogP contribution in [0.1, 0.15) is 19.8 Å². The van der Waals surface area contributed by atoms with Gasteiger partial charge in [0.15, 0.2) is 0 Å². The summed E-state index contributed by atoms with van der Waals surface area (Å²) < 4.78 is 26.4. The van der Waals surface area contributed by atoms with Gasteiger partial charge in [-0.05, 0) is 19.8 Å². The lowest BCUT2D eigenvalue weighted by Crippen LogP contribution is -2.36. The van der Waals surface area contributed by atoms with E-state index in [0.717, 1.165) is 0 Å². The van der Waals surface area contributed by atoms with Gasteiger partial charge in [0.1, 0.15) is 6.10 Å². The number of carbonyl (C=O) groups is 1. The first kappa shape index (κ1) is 16.1. The molecular weight excluding hydrogens is 244 g/mol. The second-order valence-electron chi connectivity index (χ2n) is 3.60. The Hall–Kier alpha value is -0.920. The van der Waals surface area contributed by atoms with E-state index < -0.39 is 16.1 Å². The maximum absolute atomic E-state index is 11.4. The lowest BCUT2D eigenvalue weighted by atomic mass is 10.3. The highest BCUT2D eigenvalue weighted by Gasteiger charge is 2.12. The predicted octanol–water partition coefficient (Wildman–Crippen LogP) is -0.238. The van der Waals surface area contributed by atoms with E-state index in [9.17, 15) is 13.2 Å². The highest BCUT2D eigenvalue weighted by molar-refractivity contribution is 7.89. The number of hydrogen-bond donors (Lipinski definition) is 2. The number of carbonyl (C=O) groups excluding carboxylic acids is 1. The van der Waals surface area contributed by atoms with Crippen molar-refractivity contribution in [1.29, 1.82) is 0 Å². The van der Waals surface area contributed by atoms with Crippen molar-refractivity contribution >= 4 is 15.9 Å². The van der Waals surface area contributed by atoms with Gasteiger partial charge in [0.2, 0.25) is 15.9 Å². The molecule has 0 fully saturated rings. The molecular formula is C10H20N2O4S. The van der Waals surface area contributed by atoms with E-state index >= 15 is 0 Å². The van der Waals surface area contributed by atoms with Crippen molar-refractivity contribution in [2.75, 3.05) is 18.9 Å². The van der Waals surface area contributed by atoms with Gasteiger partial charge in [0.05, 0.1) is 12.4 Å². The van der Waals surface area contributed by atoms with Gasteiger partial charge in [-0.1, -0.05) is 6.08 Å². The summed E-state index contributed by atoms with van der Waals surface area (Å²) in [6.45, 7) is 5.88. The van der Waals surface area contributed by atoms with Gasteiger partial charge in [-0.2, -0.15) is 0 Å². The molecule has 6 nitrogen and oxygen atoms in total. The minimum Gasteiger partial charge on any atom is -0.368 e. The maximum atomic E-state index is 11.4. The molecule has 0 radical (unpaired) electrons. The molecule has 0 aromatic heterocycles. The molecule has 0 aromatic rings. The number of primary sulfonamides is 1. The molecule has 0 rings (SSSR count). The molecule has 0 spiro atoms. The molecule has 1 amide bonds. The van der Waals surface area contributed by atoms with Gasteiger partial charge in [0, 0.05) is 6.54 Å². The monoisotopic (exact) mass is 264 g/mol. The molecule has 0 aliphatic rings. The van der Waals surface area contributed by atoms with Crippen LogP contribution < -0.4 is 10.5 Å². The van der Waals surface area contributed by atoms with Crippen molar-refractivity contribution in [2.45, 2.75) is 25.9 Å². The number of sulfonamides is 1. The number of ether oxygens (including phenoxy) is 1. The Morgan fingerprint density at radius 3 is 2.76 bits per heavy atom. The molecule has 100 valence electrons. The van der Waals surface area contributed by atoms with E-state index in [2.05, 4.69) is 11.9 Å². The standard InChI is InChI=1S/C10H20N2O4S/c1-3-4-7-16-9(2)10(13)12-6-5-8-17(11,14)15/h3,9H,1,4-8H2,2H3,(H,12,13)(H2,11,14,15). The molecule has 0 saturated heterocycles. The first-order valence-corrected chi connectivity index (χ1v) is 7.09. The summed E-state index contributed by atoms with van der Waals surface area (Å²) in [4.78, 5) is 11.4. The molecule has 3 N–H and O–H groups in total. The fraction of sp³-hybridized carbons (Fsp3) is 0.700. The van der Waals surface area contributed by atoms with Crippen molar-refractivity contribution in [3.63, 3.8) is 0 Å². The number of hydrogen-bond acceptors (Lipinski definition) is 4. The molecule has 0 heterocycles. The molecule has 0 aromatic carbocycles. The highest BCUT2D eigenvalue weighted by atomic mass is 32.2. The first-order chi connectivity index (χ1) is 7.87. The van der Waals surface area contributed by atoms with E-state index in [1.54, 1.807) is 13.0 Å². The SMILES string of the molecule is C=CCCOC(C)C(=O)NCCCS(N)(=O)=O. The lowest BCUT2D eigenvalue weighted by Gasteiger charge is -2.12. The van der Waals surface area contributed by atoms with Crippen molar-refractivity contribution < 1.29 is 17.9 Å². The average molecular weight is 264 g/mol. The Balaban J connectivity index is 3.67. The number of nitrogens with two attached hydrogens (primary N) is 1. The van der Waals surface area contributed by atoms with Crippen molar-refractivity contribution in [1.82, 2.24) is 5.32 Å². The van der Waals surface area contributed by atoms with Crippen LogP contribution in [0.4, 0.5) is 0 Å². The van der Waals surface area contributed by atoms with Crippen LogP contribution >= 0.6 is 0 Å². The van der Waals surface area contributed by atoms with Crippen LogP contribution in [0.2, 0.25) is 0 Å². The zero-order valence-electron chi connectivity index (χ0n) is 10.0. The first-order valence-electron chi connectivity index (χ1n) is 5.37. The molecule has 1 atom stereocenters. The zero-order chi connectivity index (χ0) is 13.3. The third kappa shape index (κ3) is 9.98. The predicted molar refractivity (Wildman–Crippen MR) is 65.8 cm³/mol. The van der Waals surface area contributed by atoms with Gasteiger partial charge in [-0.15, -0.1) is 6.58 Å². The van der Waals surface area contributed by atoms with Crippen LogP contribution in [0.15, 0.2) is 12.7 Å². The lowest BCUT2D eigenvalue weighted by molar-refractivity contribution is -0.131. The Bertz CT molecular complexity index is 340. The number of nitrogens with one attached hydrogen (secondary N) is 1. The fourth-order valence-corrected chi connectivity index (χ4v) is 1.58. The van der Waals surface area contributed by atoms with E-state index in [1.165, 1.54) is 0 Å². The van der Waals surface area contributed by atoms with Crippen molar-refractivity contribution in [3.8, 4) is 0 Å². The molecule has 0 bridgehead atoms. The summed E-state index contributed by atoms with van der Waals surface area (Å²) in [5, 5.41) is 7.39. The van der Waals surface area contributed by atoms with E-state index in [4.69, 9.17) is 9.88 Å². The van der Waals surface area contributed by atoms with Crippen LogP contribution in [0.5, 0.6) is 0 Å². The summed E-state index contributed by atoms with van der Waals surface area (Å²) in [7, 11) is -3.45. The van der Waals surface area contributed by atoms with Crippen LogP contribution in [0.3, 0.4) is 0 Å². The molecule has 0 aliphatic carbocycles. The molecule has 0 saturated carbocycles. The van der Waals surface area contributed by atoms with Gasteiger partial charge < -0.3 is 10.1 Å². The normalized spacial score (nSPS) is 13.1. The maximum Gasteiger partial charge on any atom is 0.248 e. The summed E-state index contributed by atoms with van der Waals surface area (Å²) in [5.74, 6) is -0.401. The van der Waals surface area contributed by atoms with Crippen LogP contribution in [0, 0.1) is 0 Å². The Morgan fingerprint density at radius 2 is 2.24 bits per heavy atom. The summed E-state index contributed by atoms with van der Waals surface area (Å²) in [5.41, 5.74) is 0. The van der Waals surface area contributed by atoms with E-state index in [-0.39, 0.29) is 18.2 Å². The summed E-state index contributed by atoms with van der Waals surface area (Å²) in [6.07, 6.45) is 2.13. The molecule has 17 heavy (non-hydrogen) atoms.